The number of piperidine rings is 1. The first-order valence-electron chi connectivity index (χ1n) is 8.92. The number of benzene rings is 1. The van der Waals surface area contributed by atoms with E-state index in [1.807, 2.05) is 52.6 Å². The van der Waals surface area contributed by atoms with Crippen molar-refractivity contribution in [3.8, 4) is 11.4 Å². The number of imidazole rings is 1. The quantitative estimate of drug-likeness (QED) is 0.787. The summed E-state index contributed by atoms with van der Waals surface area (Å²) in [4.78, 5) is 19.0. The SMILES string of the molecule is O=C(c1cc(-n2cccc2)ccc1O)N1CCC[C@@H](Cn2ccnc2)C1. The van der Waals surface area contributed by atoms with Crippen molar-refractivity contribution in [3.05, 3.63) is 67.0 Å². The molecule has 134 valence electrons. The fourth-order valence-corrected chi connectivity index (χ4v) is 3.62. The maximum atomic E-state index is 13.0. The Kier molecular flexibility index (Phi) is 4.48. The summed E-state index contributed by atoms with van der Waals surface area (Å²) in [6, 6.07) is 9.02. The highest BCUT2D eigenvalue weighted by atomic mass is 16.3. The molecule has 0 saturated carbocycles. The second-order valence-corrected chi connectivity index (χ2v) is 6.81. The third-order valence-corrected chi connectivity index (χ3v) is 4.95. The Balaban J connectivity index is 1.52. The van der Waals surface area contributed by atoms with Crippen LogP contribution in [0.15, 0.2) is 61.4 Å². The number of amides is 1. The van der Waals surface area contributed by atoms with E-state index in [1.165, 1.54) is 0 Å². The molecule has 3 aromatic rings. The lowest BCUT2D eigenvalue weighted by Crippen LogP contribution is -2.41. The highest BCUT2D eigenvalue weighted by molar-refractivity contribution is 5.97. The van der Waals surface area contributed by atoms with Gasteiger partial charge in [0.25, 0.3) is 5.91 Å². The van der Waals surface area contributed by atoms with E-state index in [9.17, 15) is 9.90 Å². The van der Waals surface area contributed by atoms with Gasteiger partial charge in [-0.05, 0) is 49.1 Å². The van der Waals surface area contributed by atoms with Gasteiger partial charge in [-0.2, -0.15) is 0 Å². The summed E-state index contributed by atoms with van der Waals surface area (Å²) < 4.78 is 3.98. The van der Waals surface area contributed by atoms with Crippen molar-refractivity contribution in [2.45, 2.75) is 19.4 Å². The monoisotopic (exact) mass is 350 g/mol. The number of likely N-dealkylation sites (tertiary alicyclic amines) is 1. The lowest BCUT2D eigenvalue weighted by molar-refractivity contribution is 0.0659. The minimum absolute atomic E-state index is 0.0302. The zero-order chi connectivity index (χ0) is 17.9. The highest BCUT2D eigenvalue weighted by Gasteiger charge is 2.26. The number of phenols is 1. The number of carbonyl (C=O) groups excluding carboxylic acids is 1. The first-order chi connectivity index (χ1) is 12.7. The van der Waals surface area contributed by atoms with Crippen molar-refractivity contribution >= 4 is 5.91 Å². The molecule has 1 aliphatic rings. The van der Waals surface area contributed by atoms with Crippen LogP contribution in [0.2, 0.25) is 0 Å². The number of rotatable bonds is 4. The van der Waals surface area contributed by atoms with Gasteiger partial charge in [0.05, 0.1) is 11.9 Å². The molecule has 26 heavy (non-hydrogen) atoms. The molecular formula is C20H22N4O2. The van der Waals surface area contributed by atoms with Crippen LogP contribution >= 0.6 is 0 Å². The van der Waals surface area contributed by atoms with Gasteiger partial charge in [0, 0.05) is 50.1 Å². The number of aromatic hydroxyl groups is 1. The Morgan fingerprint density at radius 3 is 2.85 bits per heavy atom. The molecule has 0 bridgehead atoms. The number of hydrogen-bond acceptors (Lipinski definition) is 3. The smallest absolute Gasteiger partial charge is 0.257 e. The molecule has 1 N–H and O–H groups in total. The molecule has 1 atom stereocenters. The molecule has 1 saturated heterocycles. The fraction of sp³-hybridized carbons (Fsp3) is 0.300. The Morgan fingerprint density at radius 1 is 1.23 bits per heavy atom. The average molecular weight is 350 g/mol. The highest BCUT2D eigenvalue weighted by Crippen LogP contribution is 2.26. The maximum absolute atomic E-state index is 13.0. The first-order valence-corrected chi connectivity index (χ1v) is 8.92. The van der Waals surface area contributed by atoms with Crippen molar-refractivity contribution in [2.24, 2.45) is 5.92 Å². The van der Waals surface area contributed by atoms with Crippen LogP contribution in [0, 0.1) is 5.92 Å². The van der Waals surface area contributed by atoms with Gasteiger partial charge in [0.1, 0.15) is 5.75 Å². The summed E-state index contributed by atoms with van der Waals surface area (Å²) in [5, 5.41) is 10.2. The third kappa shape index (κ3) is 3.35. The van der Waals surface area contributed by atoms with Crippen molar-refractivity contribution < 1.29 is 9.90 Å². The molecule has 1 aliphatic heterocycles. The summed E-state index contributed by atoms with van der Waals surface area (Å²) in [6.45, 7) is 2.29. The number of hydrogen-bond donors (Lipinski definition) is 1. The van der Waals surface area contributed by atoms with Crippen molar-refractivity contribution in [1.82, 2.24) is 19.0 Å². The van der Waals surface area contributed by atoms with Gasteiger partial charge >= 0.3 is 0 Å². The van der Waals surface area contributed by atoms with Crippen LogP contribution in [0.25, 0.3) is 5.69 Å². The van der Waals surface area contributed by atoms with Crippen molar-refractivity contribution in [1.29, 1.82) is 0 Å². The molecule has 0 unspecified atom stereocenters. The molecule has 6 nitrogen and oxygen atoms in total. The first kappa shape index (κ1) is 16.4. The maximum Gasteiger partial charge on any atom is 0.257 e. The van der Waals surface area contributed by atoms with E-state index in [-0.39, 0.29) is 11.7 Å². The van der Waals surface area contributed by atoms with Gasteiger partial charge in [-0.15, -0.1) is 0 Å². The fourth-order valence-electron chi connectivity index (χ4n) is 3.62. The summed E-state index contributed by atoms with van der Waals surface area (Å²) in [5.41, 5.74) is 1.22. The molecular weight excluding hydrogens is 328 g/mol. The van der Waals surface area contributed by atoms with E-state index < -0.39 is 0 Å². The van der Waals surface area contributed by atoms with Gasteiger partial charge in [0.15, 0.2) is 0 Å². The zero-order valence-electron chi connectivity index (χ0n) is 14.5. The topological polar surface area (TPSA) is 63.3 Å². The second kappa shape index (κ2) is 7.07. The van der Waals surface area contributed by atoms with E-state index in [0.717, 1.165) is 31.6 Å². The van der Waals surface area contributed by atoms with E-state index in [1.54, 1.807) is 18.3 Å². The second-order valence-electron chi connectivity index (χ2n) is 6.81. The van der Waals surface area contributed by atoms with E-state index in [0.29, 0.717) is 18.0 Å². The van der Waals surface area contributed by atoms with Crippen molar-refractivity contribution in [3.63, 3.8) is 0 Å². The summed E-state index contributed by atoms with van der Waals surface area (Å²) in [7, 11) is 0. The Bertz CT molecular complexity index is 871. The standard InChI is InChI=1S/C20H22N4O2/c25-19-6-5-17(23-8-1-2-9-23)12-18(19)20(26)24-10-3-4-16(14-24)13-22-11-7-21-15-22/h1-2,5-9,11-12,15-16,25H,3-4,10,13-14H2/t16-/m0/s1. The van der Waals surface area contributed by atoms with E-state index >= 15 is 0 Å². The van der Waals surface area contributed by atoms with Gasteiger partial charge in [-0.3, -0.25) is 4.79 Å². The molecule has 6 heteroatoms. The Morgan fingerprint density at radius 2 is 2.08 bits per heavy atom. The van der Waals surface area contributed by atoms with Crippen LogP contribution in [0.4, 0.5) is 0 Å². The number of phenolic OH excluding ortho intramolecular Hbond substituents is 1. The van der Waals surface area contributed by atoms with Crippen LogP contribution in [0.3, 0.4) is 0 Å². The van der Waals surface area contributed by atoms with Gasteiger partial charge in [0.2, 0.25) is 0 Å². The predicted octanol–water partition coefficient (Wildman–Crippen LogP) is 2.93. The van der Waals surface area contributed by atoms with Crippen LogP contribution in [0.1, 0.15) is 23.2 Å². The number of carbonyl (C=O) groups is 1. The Hall–Kier alpha value is -3.02. The van der Waals surface area contributed by atoms with Gasteiger partial charge in [-0.25, -0.2) is 4.98 Å². The third-order valence-electron chi connectivity index (χ3n) is 4.95. The van der Waals surface area contributed by atoms with Crippen LogP contribution in [-0.4, -0.2) is 43.1 Å². The minimum atomic E-state index is -0.105. The molecule has 0 radical (unpaired) electrons. The lowest BCUT2D eigenvalue weighted by atomic mass is 9.97. The van der Waals surface area contributed by atoms with Gasteiger partial charge < -0.3 is 19.1 Å². The summed E-state index contributed by atoms with van der Waals surface area (Å²) in [6.07, 6.45) is 11.4. The van der Waals surface area contributed by atoms with Crippen LogP contribution < -0.4 is 0 Å². The molecule has 1 amide bonds. The van der Waals surface area contributed by atoms with Crippen LogP contribution in [0.5, 0.6) is 5.75 Å². The molecule has 3 heterocycles. The number of nitrogens with zero attached hydrogens (tertiary/aromatic N) is 4. The lowest BCUT2D eigenvalue weighted by Gasteiger charge is -2.33. The molecule has 0 aliphatic carbocycles. The molecule has 2 aromatic heterocycles. The normalized spacial score (nSPS) is 17.4. The van der Waals surface area contributed by atoms with Crippen molar-refractivity contribution in [2.75, 3.05) is 13.1 Å². The molecule has 1 fully saturated rings. The average Bonchev–Trinajstić information content (AvgIpc) is 3.36. The summed E-state index contributed by atoms with van der Waals surface area (Å²) >= 11 is 0. The molecule has 4 rings (SSSR count). The van der Waals surface area contributed by atoms with Gasteiger partial charge in [-0.1, -0.05) is 0 Å². The molecule has 1 aromatic carbocycles. The molecule has 0 spiro atoms. The zero-order valence-corrected chi connectivity index (χ0v) is 14.5. The van der Waals surface area contributed by atoms with Crippen LogP contribution in [-0.2, 0) is 6.54 Å². The predicted molar refractivity (Wildman–Crippen MR) is 98.3 cm³/mol. The Labute approximate surface area is 152 Å². The minimum Gasteiger partial charge on any atom is -0.507 e. The number of aromatic nitrogens is 3. The summed E-state index contributed by atoms with van der Waals surface area (Å²) in [5.74, 6) is 0.325. The van der Waals surface area contributed by atoms with E-state index in [4.69, 9.17) is 0 Å². The largest absolute Gasteiger partial charge is 0.507 e. The van der Waals surface area contributed by atoms with E-state index in [2.05, 4.69) is 9.55 Å².